The molecule has 0 saturated carbocycles. The molecule has 0 saturated heterocycles. The number of aromatic nitrogens is 2. The first-order chi connectivity index (χ1) is 14.9. The van der Waals surface area contributed by atoms with Gasteiger partial charge in [-0.1, -0.05) is 30.3 Å². The normalized spacial score (nSPS) is 11.7. The maximum Gasteiger partial charge on any atom is 0.306 e. The van der Waals surface area contributed by atoms with Crippen molar-refractivity contribution in [2.24, 2.45) is 5.73 Å². The summed E-state index contributed by atoms with van der Waals surface area (Å²) in [6.45, 7) is 0.248. The Labute approximate surface area is 178 Å². The number of carbonyl (C=O) groups is 2. The lowest BCUT2D eigenvalue weighted by Crippen LogP contribution is -2.26. The van der Waals surface area contributed by atoms with E-state index in [9.17, 15) is 14.4 Å². The van der Waals surface area contributed by atoms with E-state index in [1.54, 1.807) is 42.5 Å². The molecule has 0 aliphatic carbocycles. The number of hydrogen-bond acceptors (Lipinski definition) is 7. The van der Waals surface area contributed by atoms with Crippen LogP contribution in [0.3, 0.4) is 0 Å². The van der Waals surface area contributed by atoms with E-state index in [0.717, 1.165) is 0 Å². The van der Waals surface area contributed by atoms with Crippen molar-refractivity contribution >= 4 is 22.8 Å². The number of benzene rings is 2. The van der Waals surface area contributed by atoms with Crippen molar-refractivity contribution in [3.8, 4) is 11.5 Å². The van der Waals surface area contributed by atoms with Gasteiger partial charge in [0, 0.05) is 24.6 Å². The molecule has 9 heteroatoms. The summed E-state index contributed by atoms with van der Waals surface area (Å²) in [7, 11) is 2.99. The molecule has 0 bridgehead atoms. The summed E-state index contributed by atoms with van der Waals surface area (Å²) in [6, 6.07) is 11.8. The van der Waals surface area contributed by atoms with Gasteiger partial charge >= 0.3 is 5.97 Å². The minimum atomic E-state index is -1.15. The van der Waals surface area contributed by atoms with Crippen LogP contribution in [0.15, 0.2) is 53.6 Å². The first kappa shape index (κ1) is 21.8. The van der Waals surface area contributed by atoms with Crippen molar-refractivity contribution < 1.29 is 23.8 Å². The van der Waals surface area contributed by atoms with E-state index >= 15 is 0 Å². The minimum absolute atomic E-state index is 0.00697. The smallest absolute Gasteiger partial charge is 0.306 e. The lowest BCUT2D eigenvalue weighted by molar-refractivity contribution is -0.155. The molecule has 3 rings (SSSR count). The van der Waals surface area contributed by atoms with Gasteiger partial charge in [0.15, 0.2) is 11.5 Å². The van der Waals surface area contributed by atoms with Crippen LogP contribution in [0, 0.1) is 0 Å². The Morgan fingerprint density at radius 1 is 1.10 bits per heavy atom. The molecule has 2 aromatic carbocycles. The number of ether oxygens (including phenoxy) is 3. The molecule has 1 aromatic heterocycles. The zero-order valence-electron chi connectivity index (χ0n) is 17.2. The van der Waals surface area contributed by atoms with E-state index in [2.05, 4.69) is 4.98 Å². The van der Waals surface area contributed by atoms with Gasteiger partial charge in [0.05, 0.1) is 31.4 Å². The molecule has 0 radical (unpaired) electrons. The van der Waals surface area contributed by atoms with Crippen LogP contribution in [0.4, 0.5) is 0 Å². The molecule has 0 fully saturated rings. The van der Waals surface area contributed by atoms with Crippen molar-refractivity contribution in [3.05, 3.63) is 64.7 Å². The zero-order valence-corrected chi connectivity index (χ0v) is 17.2. The average molecular weight is 425 g/mol. The van der Waals surface area contributed by atoms with Gasteiger partial charge < -0.3 is 19.9 Å². The third-order valence-electron chi connectivity index (χ3n) is 4.72. The minimum Gasteiger partial charge on any atom is -0.493 e. The molecule has 1 amide bonds. The van der Waals surface area contributed by atoms with Gasteiger partial charge in [0.25, 0.3) is 11.5 Å². The second-order valence-electron chi connectivity index (χ2n) is 6.75. The monoisotopic (exact) mass is 425 g/mol. The summed E-state index contributed by atoms with van der Waals surface area (Å²) in [6.07, 6.45) is 0.589. The van der Waals surface area contributed by atoms with Gasteiger partial charge in [0.2, 0.25) is 6.10 Å². The Morgan fingerprint density at radius 3 is 2.42 bits per heavy atom. The molecule has 0 spiro atoms. The Morgan fingerprint density at radius 2 is 1.77 bits per heavy atom. The summed E-state index contributed by atoms with van der Waals surface area (Å²) in [5, 5.41) is 0.376. The molecule has 1 unspecified atom stereocenters. The maximum atomic E-state index is 12.8. The number of primary amides is 1. The number of fused-ring (bicyclic) bond motifs is 1. The van der Waals surface area contributed by atoms with Crippen LogP contribution in [-0.2, 0) is 20.9 Å². The highest BCUT2D eigenvalue weighted by atomic mass is 16.5. The Kier molecular flexibility index (Phi) is 6.86. The van der Waals surface area contributed by atoms with E-state index in [1.807, 2.05) is 0 Å². The van der Waals surface area contributed by atoms with Gasteiger partial charge in [-0.25, -0.2) is 4.98 Å². The topological polar surface area (TPSA) is 123 Å². The predicted molar refractivity (Wildman–Crippen MR) is 113 cm³/mol. The average Bonchev–Trinajstić information content (AvgIpc) is 2.78. The highest BCUT2D eigenvalue weighted by Gasteiger charge is 2.22. The number of nitrogens with two attached hydrogens (primary N) is 1. The molecule has 2 N–H and O–H groups in total. The lowest BCUT2D eigenvalue weighted by Gasteiger charge is -2.15. The first-order valence-electron chi connectivity index (χ1n) is 9.59. The van der Waals surface area contributed by atoms with Gasteiger partial charge in [0.1, 0.15) is 0 Å². The number of rotatable bonds is 9. The van der Waals surface area contributed by atoms with Crippen LogP contribution < -0.4 is 20.8 Å². The van der Waals surface area contributed by atoms with Gasteiger partial charge in [-0.15, -0.1) is 0 Å². The summed E-state index contributed by atoms with van der Waals surface area (Å²) >= 11 is 0. The molecule has 1 heterocycles. The molecule has 1 atom stereocenters. The number of methoxy groups -OCH3 is 2. The quantitative estimate of drug-likeness (QED) is 0.520. The Hall–Kier alpha value is -3.88. The number of hydrogen-bond donors (Lipinski definition) is 1. The lowest BCUT2D eigenvalue weighted by atomic mass is 10.1. The van der Waals surface area contributed by atoms with Crippen LogP contribution in [-0.4, -0.2) is 35.6 Å². The second-order valence-corrected chi connectivity index (χ2v) is 6.75. The number of nitrogens with zero attached hydrogens (tertiary/aromatic N) is 2. The molecular weight excluding hydrogens is 402 g/mol. The van der Waals surface area contributed by atoms with Crippen LogP contribution in [0.5, 0.6) is 11.5 Å². The summed E-state index contributed by atoms with van der Waals surface area (Å²) in [4.78, 5) is 40.9. The fourth-order valence-electron chi connectivity index (χ4n) is 3.15. The fraction of sp³-hybridized carbons (Fsp3) is 0.273. The summed E-state index contributed by atoms with van der Waals surface area (Å²) in [5.41, 5.74) is 6.08. The summed E-state index contributed by atoms with van der Waals surface area (Å²) in [5.74, 6) is -0.432. The van der Waals surface area contributed by atoms with Crippen molar-refractivity contribution in [2.75, 3.05) is 14.2 Å². The van der Waals surface area contributed by atoms with Crippen LogP contribution in [0.2, 0.25) is 0 Å². The highest BCUT2D eigenvalue weighted by Crippen LogP contribution is 2.29. The highest BCUT2D eigenvalue weighted by molar-refractivity contribution is 5.83. The van der Waals surface area contributed by atoms with E-state index < -0.39 is 18.0 Å². The molecule has 0 aliphatic heterocycles. The molecule has 162 valence electrons. The number of amides is 1. The third-order valence-corrected chi connectivity index (χ3v) is 4.72. The summed E-state index contributed by atoms with van der Waals surface area (Å²) < 4.78 is 17.1. The van der Waals surface area contributed by atoms with Crippen LogP contribution in [0.25, 0.3) is 10.9 Å². The number of esters is 1. The second kappa shape index (κ2) is 9.75. The maximum absolute atomic E-state index is 12.8. The van der Waals surface area contributed by atoms with Gasteiger partial charge in [-0.2, -0.15) is 0 Å². The Balaban J connectivity index is 1.67. The SMILES string of the molecule is COc1cc2ncn(CCCC(=O)OC(C(N)=O)c3ccccc3)c(=O)c2cc1OC. The zero-order chi connectivity index (χ0) is 22.4. The van der Waals surface area contributed by atoms with Crippen molar-refractivity contribution in [1.82, 2.24) is 9.55 Å². The molecular formula is C22H23N3O6. The molecule has 31 heavy (non-hydrogen) atoms. The molecule has 3 aromatic rings. The standard InChI is InChI=1S/C22H23N3O6/c1-29-17-11-15-16(12-18(17)30-2)24-13-25(22(15)28)10-6-9-19(26)31-20(21(23)27)14-7-4-3-5-8-14/h3-5,7-8,11-13,20H,6,9-10H2,1-2H3,(H2,23,27). The van der Waals surface area contributed by atoms with Crippen LogP contribution >= 0.6 is 0 Å². The third kappa shape index (κ3) is 5.00. The van der Waals surface area contributed by atoms with E-state index in [4.69, 9.17) is 19.9 Å². The van der Waals surface area contributed by atoms with Gasteiger partial charge in [-0.3, -0.25) is 19.0 Å². The largest absolute Gasteiger partial charge is 0.493 e. The van der Waals surface area contributed by atoms with E-state index in [1.165, 1.54) is 25.1 Å². The van der Waals surface area contributed by atoms with Gasteiger partial charge in [-0.05, 0) is 12.5 Å². The number of carbonyl (C=O) groups excluding carboxylic acids is 2. The Bertz CT molecular complexity index is 1140. The molecule has 9 nitrogen and oxygen atoms in total. The first-order valence-corrected chi connectivity index (χ1v) is 9.59. The van der Waals surface area contributed by atoms with E-state index in [0.29, 0.717) is 34.4 Å². The molecule has 0 aliphatic rings. The van der Waals surface area contributed by atoms with Crippen molar-refractivity contribution in [2.45, 2.75) is 25.5 Å². The van der Waals surface area contributed by atoms with Crippen molar-refractivity contribution in [1.29, 1.82) is 0 Å². The fourth-order valence-corrected chi connectivity index (χ4v) is 3.15. The van der Waals surface area contributed by atoms with Crippen molar-refractivity contribution in [3.63, 3.8) is 0 Å². The van der Waals surface area contributed by atoms with E-state index in [-0.39, 0.29) is 18.5 Å². The van der Waals surface area contributed by atoms with Crippen LogP contribution in [0.1, 0.15) is 24.5 Å². The number of aryl methyl sites for hydroxylation is 1. The predicted octanol–water partition coefficient (Wildman–Crippen LogP) is 1.96.